The fourth-order valence-corrected chi connectivity index (χ4v) is 4.92. The average molecular weight is 562 g/mol. The highest BCUT2D eigenvalue weighted by atomic mass is 79.9. The van der Waals surface area contributed by atoms with Gasteiger partial charge in [0.1, 0.15) is 0 Å². The summed E-state index contributed by atoms with van der Waals surface area (Å²) in [6, 6.07) is 20.7. The van der Waals surface area contributed by atoms with Gasteiger partial charge < -0.3 is 5.32 Å². The van der Waals surface area contributed by atoms with Gasteiger partial charge in [-0.25, -0.2) is 0 Å². The van der Waals surface area contributed by atoms with Crippen molar-refractivity contribution in [1.29, 1.82) is 0 Å². The number of rotatable bonds is 7. The fraction of sp³-hybridized carbons (Fsp3) is 0.125. The first-order valence-corrected chi connectivity index (χ1v) is 12.6. The van der Waals surface area contributed by atoms with Crippen molar-refractivity contribution in [2.45, 2.75) is 24.4 Å². The molecule has 4 rings (SSSR count). The number of carbonyl (C=O) groups is 1. The summed E-state index contributed by atoms with van der Waals surface area (Å²) in [7, 11) is 0. The van der Waals surface area contributed by atoms with E-state index in [2.05, 4.69) is 56.6 Å². The molecule has 0 atom stereocenters. The lowest BCUT2D eigenvalue weighted by atomic mass is 10.2. The summed E-state index contributed by atoms with van der Waals surface area (Å²) < 4.78 is 2.68. The van der Waals surface area contributed by atoms with Crippen LogP contribution in [0, 0.1) is 6.92 Å². The monoisotopic (exact) mass is 560 g/mol. The number of thioether (sulfide) groups is 1. The van der Waals surface area contributed by atoms with Gasteiger partial charge in [0.05, 0.1) is 17.3 Å². The standard InChI is InChI=1S/C24H19BrCl2N4OS/c1-15-4-2-5-16(10-15)14-33-24-30-29-22(31(24)21-12-19(26)8-9-20(21)27)13-28-23(32)17-6-3-7-18(25)11-17/h2-12H,13-14H2,1H3,(H,28,32). The van der Waals surface area contributed by atoms with Crippen molar-refractivity contribution in [3.63, 3.8) is 0 Å². The fourth-order valence-electron chi connectivity index (χ4n) is 3.25. The number of benzene rings is 3. The minimum absolute atomic E-state index is 0.173. The van der Waals surface area contributed by atoms with Crippen LogP contribution in [0.1, 0.15) is 27.3 Å². The molecular formula is C24H19BrCl2N4OS. The van der Waals surface area contributed by atoms with Crippen molar-refractivity contribution in [2.24, 2.45) is 0 Å². The summed E-state index contributed by atoms with van der Waals surface area (Å²) >= 11 is 17.7. The van der Waals surface area contributed by atoms with E-state index in [4.69, 9.17) is 23.2 Å². The smallest absolute Gasteiger partial charge is 0.251 e. The predicted octanol–water partition coefficient (Wildman–Crippen LogP) is 6.87. The zero-order chi connectivity index (χ0) is 23.4. The first-order chi connectivity index (χ1) is 15.9. The lowest BCUT2D eigenvalue weighted by Gasteiger charge is -2.13. The van der Waals surface area contributed by atoms with Crippen LogP contribution in [-0.2, 0) is 12.3 Å². The van der Waals surface area contributed by atoms with E-state index >= 15 is 0 Å². The zero-order valence-corrected chi connectivity index (χ0v) is 21.5. The Labute approximate surface area is 214 Å². The van der Waals surface area contributed by atoms with E-state index in [0.717, 1.165) is 4.47 Å². The van der Waals surface area contributed by atoms with Crippen molar-refractivity contribution in [1.82, 2.24) is 20.1 Å². The number of hydrogen-bond donors (Lipinski definition) is 1. The molecule has 0 fully saturated rings. The molecule has 4 aromatic rings. The molecular weight excluding hydrogens is 543 g/mol. The molecule has 0 aliphatic heterocycles. The van der Waals surface area contributed by atoms with E-state index in [1.54, 1.807) is 42.1 Å². The van der Waals surface area contributed by atoms with Gasteiger partial charge in [-0.2, -0.15) is 0 Å². The van der Waals surface area contributed by atoms with E-state index in [1.165, 1.54) is 11.1 Å². The van der Waals surface area contributed by atoms with Crippen molar-refractivity contribution >= 4 is 56.8 Å². The van der Waals surface area contributed by atoms with Crippen molar-refractivity contribution in [2.75, 3.05) is 0 Å². The summed E-state index contributed by atoms with van der Waals surface area (Å²) in [4.78, 5) is 12.6. The third kappa shape index (κ3) is 5.98. The van der Waals surface area contributed by atoms with Crippen molar-refractivity contribution < 1.29 is 4.79 Å². The van der Waals surface area contributed by atoms with Crippen LogP contribution in [0.15, 0.2) is 76.4 Å². The minimum atomic E-state index is -0.211. The summed E-state index contributed by atoms with van der Waals surface area (Å²) in [5, 5.41) is 13.3. The highest BCUT2D eigenvalue weighted by Crippen LogP contribution is 2.31. The predicted molar refractivity (Wildman–Crippen MR) is 137 cm³/mol. The topological polar surface area (TPSA) is 59.8 Å². The molecule has 1 amide bonds. The highest BCUT2D eigenvalue weighted by Gasteiger charge is 2.18. The summed E-state index contributed by atoms with van der Waals surface area (Å²) in [5.41, 5.74) is 3.58. The van der Waals surface area contributed by atoms with Crippen LogP contribution in [0.3, 0.4) is 0 Å². The van der Waals surface area contributed by atoms with Gasteiger partial charge in [-0.3, -0.25) is 9.36 Å². The van der Waals surface area contributed by atoms with Gasteiger partial charge in [0, 0.05) is 20.8 Å². The third-order valence-electron chi connectivity index (χ3n) is 4.79. The second-order valence-corrected chi connectivity index (χ2v) is 10.0. The van der Waals surface area contributed by atoms with Gasteiger partial charge >= 0.3 is 0 Å². The molecule has 1 heterocycles. The normalized spacial score (nSPS) is 10.9. The Morgan fingerprint density at radius 1 is 1.06 bits per heavy atom. The summed E-state index contributed by atoms with van der Waals surface area (Å²) in [5.74, 6) is 1.05. The average Bonchev–Trinajstić information content (AvgIpc) is 3.20. The van der Waals surface area contributed by atoms with Crippen LogP contribution in [-0.4, -0.2) is 20.7 Å². The molecule has 0 aliphatic rings. The molecule has 3 aromatic carbocycles. The van der Waals surface area contributed by atoms with Gasteiger partial charge in [0.2, 0.25) is 0 Å². The molecule has 5 nitrogen and oxygen atoms in total. The Morgan fingerprint density at radius 2 is 1.88 bits per heavy atom. The number of nitrogens with one attached hydrogen (secondary N) is 1. The SMILES string of the molecule is Cc1cccc(CSc2nnc(CNC(=O)c3cccc(Br)c3)n2-c2cc(Cl)ccc2Cl)c1. The first-order valence-electron chi connectivity index (χ1n) is 10.0. The highest BCUT2D eigenvalue weighted by molar-refractivity contribution is 9.10. The molecule has 1 N–H and O–H groups in total. The number of amides is 1. The van der Waals surface area contributed by atoms with Crippen LogP contribution in [0.25, 0.3) is 5.69 Å². The van der Waals surface area contributed by atoms with Gasteiger partial charge in [-0.15, -0.1) is 10.2 Å². The van der Waals surface area contributed by atoms with E-state index in [1.807, 2.05) is 22.8 Å². The summed E-state index contributed by atoms with van der Waals surface area (Å²) in [6.45, 7) is 2.24. The van der Waals surface area contributed by atoms with Crippen LogP contribution in [0.2, 0.25) is 10.0 Å². The number of aryl methyl sites for hydroxylation is 1. The molecule has 0 bridgehead atoms. The second-order valence-electron chi connectivity index (χ2n) is 7.30. The number of halogens is 3. The number of carbonyl (C=O) groups excluding carboxylic acids is 1. The van der Waals surface area contributed by atoms with Crippen molar-refractivity contribution in [3.8, 4) is 5.69 Å². The van der Waals surface area contributed by atoms with Gasteiger partial charge in [-0.05, 0) is 48.9 Å². The molecule has 33 heavy (non-hydrogen) atoms. The third-order valence-corrected chi connectivity index (χ3v) is 6.84. The maximum atomic E-state index is 12.6. The molecule has 0 saturated heterocycles. The van der Waals surface area contributed by atoms with Crippen molar-refractivity contribution in [3.05, 3.63) is 104 Å². The Balaban J connectivity index is 1.62. The number of hydrogen-bond acceptors (Lipinski definition) is 4. The van der Waals surface area contributed by atoms with Gasteiger partial charge in [0.25, 0.3) is 5.91 Å². The Bertz CT molecular complexity index is 1310. The quantitative estimate of drug-likeness (QED) is 0.250. The van der Waals surface area contributed by atoms with E-state index in [-0.39, 0.29) is 12.5 Å². The molecule has 9 heteroatoms. The maximum absolute atomic E-state index is 12.6. The van der Waals surface area contributed by atoms with Crippen LogP contribution in [0.5, 0.6) is 0 Å². The second kappa shape index (κ2) is 10.7. The molecule has 0 radical (unpaired) electrons. The molecule has 0 unspecified atom stereocenters. The lowest BCUT2D eigenvalue weighted by Crippen LogP contribution is -2.24. The van der Waals surface area contributed by atoms with E-state index < -0.39 is 0 Å². The lowest BCUT2D eigenvalue weighted by molar-refractivity contribution is 0.0949. The number of aromatic nitrogens is 3. The Morgan fingerprint density at radius 3 is 2.67 bits per heavy atom. The Kier molecular flexibility index (Phi) is 7.75. The van der Waals surface area contributed by atoms with E-state index in [9.17, 15) is 4.79 Å². The Hall–Kier alpha value is -2.32. The molecule has 0 aliphatic carbocycles. The first kappa shape index (κ1) is 23.8. The molecule has 168 valence electrons. The molecule has 1 aromatic heterocycles. The number of nitrogens with zero attached hydrogens (tertiary/aromatic N) is 3. The molecule has 0 spiro atoms. The van der Waals surface area contributed by atoms with Crippen LogP contribution in [0.4, 0.5) is 0 Å². The van der Waals surface area contributed by atoms with Crippen LogP contribution >= 0.6 is 50.9 Å². The molecule has 0 saturated carbocycles. The minimum Gasteiger partial charge on any atom is -0.345 e. The van der Waals surface area contributed by atoms with E-state index in [0.29, 0.717) is 38.0 Å². The summed E-state index contributed by atoms with van der Waals surface area (Å²) in [6.07, 6.45) is 0. The van der Waals surface area contributed by atoms with Crippen LogP contribution < -0.4 is 5.32 Å². The maximum Gasteiger partial charge on any atom is 0.251 e. The zero-order valence-electron chi connectivity index (χ0n) is 17.6. The largest absolute Gasteiger partial charge is 0.345 e. The van der Waals surface area contributed by atoms with Gasteiger partial charge in [0.15, 0.2) is 11.0 Å². The van der Waals surface area contributed by atoms with Gasteiger partial charge in [-0.1, -0.05) is 86.8 Å².